The van der Waals surface area contributed by atoms with E-state index in [0.29, 0.717) is 23.3 Å². The van der Waals surface area contributed by atoms with Crippen molar-refractivity contribution in [1.82, 2.24) is 15.5 Å². The molecule has 0 aliphatic carbocycles. The van der Waals surface area contributed by atoms with Crippen molar-refractivity contribution in [3.63, 3.8) is 0 Å². The molecule has 1 atom stereocenters. The standard InChI is InChI=1S/C14H16FN3O.ClH/c1-9-7-10(4-5-12(9)15)14-17-13(19-18-14)8-11-3-2-6-16-11;/h4-5,7,11,16H,2-3,6,8H2,1H3;1H. The third-order valence-electron chi connectivity index (χ3n) is 3.47. The molecule has 2 heterocycles. The highest BCUT2D eigenvalue weighted by molar-refractivity contribution is 5.85. The molecule has 0 amide bonds. The molecular formula is C14H17ClFN3O. The summed E-state index contributed by atoms with van der Waals surface area (Å²) in [4.78, 5) is 4.37. The van der Waals surface area contributed by atoms with Crippen molar-refractivity contribution in [2.24, 2.45) is 0 Å². The largest absolute Gasteiger partial charge is 0.339 e. The number of hydrogen-bond acceptors (Lipinski definition) is 4. The number of rotatable bonds is 3. The minimum atomic E-state index is -0.220. The van der Waals surface area contributed by atoms with E-state index in [1.165, 1.54) is 12.5 Å². The van der Waals surface area contributed by atoms with Gasteiger partial charge < -0.3 is 9.84 Å². The van der Waals surface area contributed by atoms with Crippen LogP contribution in [-0.2, 0) is 6.42 Å². The van der Waals surface area contributed by atoms with Gasteiger partial charge in [-0.1, -0.05) is 5.16 Å². The van der Waals surface area contributed by atoms with E-state index in [2.05, 4.69) is 15.5 Å². The topological polar surface area (TPSA) is 51.0 Å². The molecule has 0 radical (unpaired) electrons. The number of hydrogen-bond donors (Lipinski definition) is 1. The summed E-state index contributed by atoms with van der Waals surface area (Å²) in [6, 6.07) is 5.27. The van der Waals surface area contributed by atoms with Crippen LogP contribution in [0.1, 0.15) is 24.3 Å². The Kier molecular flexibility index (Phi) is 4.73. The Labute approximate surface area is 123 Å². The number of nitrogens with zero attached hydrogens (tertiary/aromatic N) is 2. The lowest BCUT2D eigenvalue weighted by Gasteiger charge is -2.04. The van der Waals surface area contributed by atoms with Crippen LogP contribution >= 0.6 is 12.4 Å². The quantitative estimate of drug-likeness (QED) is 0.946. The van der Waals surface area contributed by atoms with Gasteiger partial charge in [0.1, 0.15) is 5.82 Å². The number of nitrogens with one attached hydrogen (secondary N) is 1. The van der Waals surface area contributed by atoms with E-state index in [1.54, 1.807) is 19.1 Å². The third-order valence-corrected chi connectivity index (χ3v) is 3.47. The molecule has 0 bridgehead atoms. The molecule has 2 aromatic rings. The average molecular weight is 298 g/mol. The fourth-order valence-electron chi connectivity index (χ4n) is 2.38. The van der Waals surface area contributed by atoms with Crippen LogP contribution in [0.4, 0.5) is 4.39 Å². The number of benzene rings is 1. The van der Waals surface area contributed by atoms with Crippen LogP contribution in [0.2, 0.25) is 0 Å². The lowest BCUT2D eigenvalue weighted by molar-refractivity contribution is 0.364. The zero-order chi connectivity index (χ0) is 13.2. The molecule has 0 spiro atoms. The van der Waals surface area contributed by atoms with Crippen molar-refractivity contribution < 1.29 is 8.91 Å². The van der Waals surface area contributed by atoms with Crippen LogP contribution in [0.25, 0.3) is 11.4 Å². The molecule has 1 saturated heterocycles. The molecule has 1 N–H and O–H groups in total. The minimum Gasteiger partial charge on any atom is -0.339 e. The molecule has 4 nitrogen and oxygen atoms in total. The predicted octanol–water partition coefficient (Wildman–Crippen LogP) is 2.90. The summed E-state index contributed by atoms with van der Waals surface area (Å²) in [6.07, 6.45) is 3.10. The maximum atomic E-state index is 13.2. The summed E-state index contributed by atoms with van der Waals surface area (Å²) < 4.78 is 18.5. The molecular weight excluding hydrogens is 281 g/mol. The van der Waals surface area contributed by atoms with E-state index in [4.69, 9.17) is 4.52 Å². The number of halogens is 2. The monoisotopic (exact) mass is 297 g/mol. The smallest absolute Gasteiger partial charge is 0.228 e. The van der Waals surface area contributed by atoms with Gasteiger partial charge in [-0.05, 0) is 50.1 Å². The van der Waals surface area contributed by atoms with Crippen LogP contribution < -0.4 is 5.32 Å². The van der Waals surface area contributed by atoms with Gasteiger partial charge in [0.2, 0.25) is 11.7 Å². The van der Waals surface area contributed by atoms with Gasteiger partial charge >= 0.3 is 0 Å². The Bertz CT molecular complexity index is 582. The second-order valence-electron chi connectivity index (χ2n) is 4.97. The molecule has 20 heavy (non-hydrogen) atoms. The van der Waals surface area contributed by atoms with Crippen LogP contribution in [0.5, 0.6) is 0 Å². The summed E-state index contributed by atoms with van der Waals surface area (Å²) in [5, 5.41) is 7.36. The highest BCUT2D eigenvalue weighted by Crippen LogP contribution is 2.20. The van der Waals surface area contributed by atoms with Crippen molar-refractivity contribution in [1.29, 1.82) is 0 Å². The molecule has 1 fully saturated rings. The van der Waals surface area contributed by atoms with E-state index in [9.17, 15) is 4.39 Å². The molecule has 1 unspecified atom stereocenters. The summed E-state index contributed by atoms with van der Waals surface area (Å²) in [5.41, 5.74) is 1.37. The van der Waals surface area contributed by atoms with Gasteiger partial charge in [-0.25, -0.2) is 4.39 Å². The first-order valence-electron chi connectivity index (χ1n) is 6.55. The molecule has 0 saturated carbocycles. The van der Waals surface area contributed by atoms with E-state index < -0.39 is 0 Å². The van der Waals surface area contributed by atoms with Gasteiger partial charge in [0.05, 0.1) is 0 Å². The van der Waals surface area contributed by atoms with Crippen molar-refractivity contribution in [2.75, 3.05) is 6.54 Å². The van der Waals surface area contributed by atoms with Gasteiger partial charge in [-0.15, -0.1) is 12.4 Å². The fraction of sp³-hybridized carbons (Fsp3) is 0.429. The van der Waals surface area contributed by atoms with Crippen molar-refractivity contribution in [3.8, 4) is 11.4 Å². The van der Waals surface area contributed by atoms with Gasteiger partial charge in [0, 0.05) is 18.0 Å². The van der Waals surface area contributed by atoms with Crippen LogP contribution in [0.3, 0.4) is 0 Å². The second kappa shape index (κ2) is 6.33. The lowest BCUT2D eigenvalue weighted by Crippen LogP contribution is -2.23. The Morgan fingerprint density at radius 2 is 2.30 bits per heavy atom. The first-order valence-corrected chi connectivity index (χ1v) is 6.55. The Morgan fingerprint density at radius 3 is 3.00 bits per heavy atom. The Morgan fingerprint density at radius 1 is 1.45 bits per heavy atom. The molecule has 3 rings (SSSR count). The Balaban J connectivity index is 0.00000147. The molecule has 1 aromatic heterocycles. The second-order valence-corrected chi connectivity index (χ2v) is 4.97. The SMILES string of the molecule is Cc1cc(-c2noc(CC3CCCN3)n2)ccc1F.Cl. The number of aryl methyl sites for hydroxylation is 1. The van der Waals surface area contributed by atoms with Crippen LogP contribution in [-0.4, -0.2) is 22.7 Å². The van der Waals surface area contributed by atoms with E-state index in [1.807, 2.05) is 0 Å². The van der Waals surface area contributed by atoms with Crippen molar-refractivity contribution in [2.45, 2.75) is 32.2 Å². The van der Waals surface area contributed by atoms with Gasteiger partial charge in [0.25, 0.3) is 0 Å². The predicted molar refractivity (Wildman–Crippen MR) is 76.4 cm³/mol. The third kappa shape index (κ3) is 3.16. The van der Waals surface area contributed by atoms with Gasteiger partial charge in [-0.2, -0.15) is 4.98 Å². The van der Waals surface area contributed by atoms with E-state index in [-0.39, 0.29) is 18.2 Å². The first kappa shape index (κ1) is 14.9. The summed E-state index contributed by atoms with van der Waals surface area (Å²) in [7, 11) is 0. The normalized spacial score (nSPS) is 18.0. The lowest BCUT2D eigenvalue weighted by atomic mass is 10.1. The summed E-state index contributed by atoms with van der Waals surface area (Å²) in [6.45, 7) is 2.78. The molecule has 6 heteroatoms. The van der Waals surface area contributed by atoms with Crippen LogP contribution in [0, 0.1) is 12.7 Å². The van der Waals surface area contributed by atoms with Gasteiger partial charge in [0.15, 0.2) is 0 Å². The van der Waals surface area contributed by atoms with Crippen molar-refractivity contribution >= 4 is 12.4 Å². The highest BCUT2D eigenvalue weighted by atomic mass is 35.5. The average Bonchev–Trinajstić information content (AvgIpc) is 3.05. The Hall–Kier alpha value is -1.46. The van der Waals surface area contributed by atoms with Gasteiger partial charge in [-0.3, -0.25) is 0 Å². The maximum absolute atomic E-state index is 13.2. The summed E-state index contributed by atoms with van der Waals surface area (Å²) in [5.74, 6) is 0.940. The van der Waals surface area contributed by atoms with E-state index in [0.717, 1.165) is 24.9 Å². The van der Waals surface area contributed by atoms with E-state index >= 15 is 0 Å². The maximum Gasteiger partial charge on any atom is 0.228 e. The first-order chi connectivity index (χ1) is 9.22. The molecule has 108 valence electrons. The molecule has 1 aliphatic rings. The zero-order valence-electron chi connectivity index (χ0n) is 11.2. The fourth-order valence-corrected chi connectivity index (χ4v) is 2.38. The molecule has 1 aromatic carbocycles. The van der Waals surface area contributed by atoms with Crippen molar-refractivity contribution in [3.05, 3.63) is 35.5 Å². The van der Waals surface area contributed by atoms with Crippen LogP contribution in [0.15, 0.2) is 22.7 Å². The zero-order valence-corrected chi connectivity index (χ0v) is 12.0. The number of aromatic nitrogens is 2. The highest BCUT2D eigenvalue weighted by Gasteiger charge is 2.18. The minimum absolute atomic E-state index is 0. The summed E-state index contributed by atoms with van der Waals surface area (Å²) >= 11 is 0. The molecule has 1 aliphatic heterocycles.